The van der Waals surface area contributed by atoms with Crippen LogP contribution in [0.5, 0.6) is 0 Å². The van der Waals surface area contributed by atoms with Crippen LogP contribution in [0.3, 0.4) is 0 Å². The molecule has 32 heavy (non-hydrogen) atoms. The molecule has 1 aromatic heterocycles. The van der Waals surface area contributed by atoms with E-state index in [-0.39, 0.29) is 49.1 Å². The zero-order valence-electron chi connectivity index (χ0n) is 17.6. The summed E-state index contributed by atoms with van der Waals surface area (Å²) in [6.07, 6.45) is 2.39. The van der Waals surface area contributed by atoms with Gasteiger partial charge in [-0.25, -0.2) is 18.2 Å². The van der Waals surface area contributed by atoms with Gasteiger partial charge in [-0.3, -0.25) is 9.69 Å². The summed E-state index contributed by atoms with van der Waals surface area (Å²) in [7, 11) is 0. The van der Waals surface area contributed by atoms with Crippen LogP contribution in [0.15, 0.2) is 18.2 Å². The van der Waals surface area contributed by atoms with Gasteiger partial charge in [0, 0.05) is 37.9 Å². The molecule has 1 saturated heterocycles. The van der Waals surface area contributed by atoms with Crippen molar-refractivity contribution in [2.24, 2.45) is 0 Å². The lowest BCUT2D eigenvalue weighted by Crippen LogP contribution is -2.45. The number of aliphatic hydroxyl groups is 1. The van der Waals surface area contributed by atoms with E-state index in [0.29, 0.717) is 18.4 Å². The van der Waals surface area contributed by atoms with E-state index < -0.39 is 35.4 Å². The van der Waals surface area contributed by atoms with Gasteiger partial charge >= 0.3 is 0 Å². The SMILES string of the molecule is N#CC1(F)CCN(Cc2cc(C(=O)N[C@H]3CCCC[C@@H]3O)nc3c(F)ccc(F)c23)CC1. The van der Waals surface area contributed by atoms with Gasteiger partial charge in [0.15, 0.2) is 5.67 Å². The van der Waals surface area contributed by atoms with Crippen LogP contribution >= 0.6 is 0 Å². The quantitative estimate of drug-likeness (QED) is 0.752. The molecular formula is C23H25F3N4O2. The second kappa shape index (κ2) is 9.04. The Morgan fingerprint density at radius 1 is 1.25 bits per heavy atom. The number of alkyl halides is 1. The molecular weight excluding hydrogens is 421 g/mol. The Hall–Kier alpha value is -2.70. The van der Waals surface area contributed by atoms with Crippen molar-refractivity contribution < 1.29 is 23.1 Å². The Morgan fingerprint density at radius 2 is 1.94 bits per heavy atom. The number of benzene rings is 1. The highest BCUT2D eigenvalue weighted by Crippen LogP contribution is 2.30. The Bertz CT molecular complexity index is 1060. The maximum atomic E-state index is 14.7. The summed E-state index contributed by atoms with van der Waals surface area (Å²) >= 11 is 0. The largest absolute Gasteiger partial charge is 0.391 e. The number of nitrogens with one attached hydrogen (secondary N) is 1. The standard InChI is InChI=1S/C23H25F3N4O2/c24-15-5-6-16(25)21-20(15)14(12-30-9-7-23(26,13-27)8-10-30)11-18(28-21)22(32)29-17-3-1-2-4-19(17)31/h5-6,11,17,19,31H,1-4,7-10,12H2,(H,29,32)/t17-,19-/m0/s1. The van der Waals surface area contributed by atoms with Crippen molar-refractivity contribution in [3.8, 4) is 6.07 Å². The van der Waals surface area contributed by atoms with Gasteiger partial charge in [-0.15, -0.1) is 0 Å². The minimum atomic E-state index is -1.87. The van der Waals surface area contributed by atoms with Crippen LogP contribution in [-0.2, 0) is 6.54 Å². The molecule has 170 valence electrons. The van der Waals surface area contributed by atoms with Gasteiger partial charge < -0.3 is 10.4 Å². The topological polar surface area (TPSA) is 89.2 Å². The van der Waals surface area contributed by atoms with Crippen molar-refractivity contribution >= 4 is 16.8 Å². The summed E-state index contributed by atoms with van der Waals surface area (Å²) < 4.78 is 43.4. The van der Waals surface area contributed by atoms with E-state index in [1.165, 1.54) is 6.07 Å². The molecule has 9 heteroatoms. The van der Waals surface area contributed by atoms with Crippen LogP contribution < -0.4 is 5.32 Å². The number of fused-ring (bicyclic) bond motifs is 1. The first-order valence-electron chi connectivity index (χ1n) is 10.9. The monoisotopic (exact) mass is 446 g/mol. The third-order valence-electron chi connectivity index (χ3n) is 6.46. The Kier molecular flexibility index (Phi) is 6.35. The molecule has 2 N–H and O–H groups in total. The number of piperidine rings is 1. The van der Waals surface area contributed by atoms with E-state index in [1.807, 2.05) is 4.90 Å². The Labute approximate surface area is 184 Å². The summed E-state index contributed by atoms with van der Waals surface area (Å²) in [4.78, 5) is 18.8. The molecule has 1 amide bonds. The van der Waals surface area contributed by atoms with Crippen LogP contribution in [0.25, 0.3) is 10.9 Å². The summed E-state index contributed by atoms with van der Waals surface area (Å²) in [5.74, 6) is -1.97. The lowest BCUT2D eigenvalue weighted by Gasteiger charge is -2.32. The number of rotatable bonds is 4. The highest BCUT2D eigenvalue weighted by Gasteiger charge is 2.35. The summed E-state index contributed by atoms with van der Waals surface area (Å²) in [5.41, 5.74) is -1.82. The van der Waals surface area contributed by atoms with Crippen LogP contribution in [0.4, 0.5) is 13.2 Å². The van der Waals surface area contributed by atoms with Crippen molar-refractivity contribution in [1.82, 2.24) is 15.2 Å². The first kappa shape index (κ1) is 22.5. The minimum absolute atomic E-state index is 0.0170. The van der Waals surface area contributed by atoms with Crippen molar-refractivity contribution in [2.75, 3.05) is 13.1 Å². The van der Waals surface area contributed by atoms with Crippen LogP contribution in [0.1, 0.15) is 54.6 Å². The summed E-state index contributed by atoms with van der Waals surface area (Å²) in [5, 5.41) is 21.9. The average Bonchev–Trinajstić information content (AvgIpc) is 2.79. The number of halogens is 3. The van der Waals surface area contributed by atoms with Crippen LogP contribution in [0.2, 0.25) is 0 Å². The first-order chi connectivity index (χ1) is 15.3. The summed E-state index contributed by atoms with van der Waals surface area (Å²) in [6.45, 7) is 0.717. The number of hydrogen-bond donors (Lipinski definition) is 2. The van der Waals surface area contributed by atoms with Crippen molar-refractivity contribution in [3.63, 3.8) is 0 Å². The molecule has 2 heterocycles. The number of likely N-dealkylation sites (tertiary alicyclic amines) is 1. The van der Waals surface area contributed by atoms with Gasteiger partial charge in [0.2, 0.25) is 0 Å². The van der Waals surface area contributed by atoms with Crippen molar-refractivity contribution in [2.45, 2.75) is 62.9 Å². The highest BCUT2D eigenvalue weighted by molar-refractivity contribution is 5.96. The maximum absolute atomic E-state index is 14.7. The number of pyridine rings is 1. The normalized spacial score (nSPS) is 23.6. The number of carbonyl (C=O) groups excluding carboxylic acids is 1. The molecule has 4 rings (SSSR count). The lowest BCUT2D eigenvalue weighted by molar-refractivity contribution is 0.0714. The number of aliphatic hydroxyl groups excluding tert-OH is 1. The number of aromatic nitrogens is 1. The van der Waals surface area contributed by atoms with E-state index in [2.05, 4.69) is 10.3 Å². The van der Waals surface area contributed by atoms with Gasteiger partial charge in [0.1, 0.15) is 28.9 Å². The number of nitriles is 1. The van der Waals surface area contributed by atoms with Gasteiger partial charge in [-0.05, 0) is 36.6 Å². The van der Waals surface area contributed by atoms with Crippen molar-refractivity contribution in [1.29, 1.82) is 5.26 Å². The predicted molar refractivity (Wildman–Crippen MR) is 111 cm³/mol. The molecule has 0 unspecified atom stereocenters. The molecule has 2 aromatic rings. The molecule has 2 aliphatic rings. The third-order valence-corrected chi connectivity index (χ3v) is 6.46. The molecule has 1 aliphatic carbocycles. The second-order valence-corrected chi connectivity index (χ2v) is 8.70. The second-order valence-electron chi connectivity index (χ2n) is 8.70. The highest BCUT2D eigenvalue weighted by atomic mass is 19.1. The summed E-state index contributed by atoms with van der Waals surface area (Å²) in [6, 6.07) is 4.68. The zero-order chi connectivity index (χ0) is 22.9. The molecule has 2 fully saturated rings. The molecule has 1 aliphatic heterocycles. The molecule has 0 bridgehead atoms. The van der Waals surface area contributed by atoms with E-state index >= 15 is 0 Å². The van der Waals surface area contributed by atoms with Crippen LogP contribution in [0, 0.1) is 23.0 Å². The van der Waals surface area contributed by atoms with Gasteiger partial charge in [0.25, 0.3) is 5.91 Å². The number of hydrogen-bond acceptors (Lipinski definition) is 5. The van der Waals surface area contributed by atoms with Gasteiger partial charge in [-0.2, -0.15) is 5.26 Å². The fourth-order valence-corrected chi connectivity index (χ4v) is 4.53. The molecule has 6 nitrogen and oxygen atoms in total. The van der Waals surface area contributed by atoms with Crippen molar-refractivity contribution in [3.05, 3.63) is 41.1 Å². The maximum Gasteiger partial charge on any atom is 0.270 e. The van der Waals surface area contributed by atoms with Crippen LogP contribution in [-0.4, -0.2) is 51.8 Å². The molecule has 2 atom stereocenters. The number of nitrogens with zero attached hydrogens (tertiary/aromatic N) is 3. The van der Waals surface area contributed by atoms with Gasteiger partial charge in [0.05, 0.1) is 12.1 Å². The fraction of sp³-hybridized carbons (Fsp3) is 0.522. The van der Waals surface area contributed by atoms with E-state index in [0.717, 1.165) is 25.0 Å². The van der Waals surface area contributed by atoms with E-state index in [4.69, 9.17) is 5.26 Å². The Balaban J connectivity index is 1.64. The number of amides is 1. The predicted octanol–water partition coefficient (Wildman–Crippen LogP) is 3.37. The number of carbonyl (C=O) groups is 1. The molecule has 0 spiro atoms. The van der Waals surface area contributed by atoms with E-state index in [1.54, 1.807) is 6.07 Å². The first-order valence-corrected chi connectivity index (χ1v) is 10.9. The lowest BCUT2D eigenvalue weighted by atomic mass is 9.92. The molecule has 1 saturated carbocycles. The van der Waals surface area contributed by atoms with Gasteiger partial charge in [-0.1, -0.05) is 12.8 Å². The molecule has 1 aromatic carbocycles. The van der Waals surface area contributed by atoms with E-state index in [9.17, 15) is 23.1 Å². The molecule has 0 radical (unpaired) electrons. The Morgan fingerprint density at radius 3 is 2.62 bits per heavy atom. The fourth-order valence-electron chi connectivity index (χ4n) is 4.53. The third kappa shape index (κ3) is 4.57. The smallest absolute Gasteiger partial charge is 0.270 e. The zero-order valence-corrected chi connectivity index (χ0v) is 17.6. The minimum Gasteiger partial charge on any atom is -0.391 e. The average molecular weight is 446 g/mol.